The molecule has 0 aromatic carbocycles. The number of likely N-dealkylation sites (tertiary alicyclic amines) is 1. The number of anilines is 1. The van der Waals surface area contributed by atoms with Gasteiger partial charge in [0.05, 0.1) is 31.8 Å². The molecule has 1 aromatic rings. The number of fused-ring (bicyclic) bond motifs is 1. The quantitative estimate of drug-likeness (QED) is 0.165. The molecule has 2 unspecified atom stereocenters. The second kappa shape index (κ2) is 10.7. The van der Waals surface area contributed by atoms with Gasteiger partial charge in [-0.3, -0.25) is 14.5 Å². The van der Waals surface area contributed by atoms with Gasteiger partial charge < -0.3 is 41.2 Å². The third-order valence-corrected chi connectivity index (χ3v) is 7.92. The number of oxime groups is 1. The van der Waals surface area contributed by atoms with Crippen LogP contribution in [0.2, 0.25) is 0 Å². The summed E-state index contributed by atoms with van der Waals surface area (Å²) >= 11 is 2.57. The molecule has 3 aliphatic rings. The molecule has 2 atom stereocenters. The van der Waals surface area contributed by atoms with Crippen molar-refractivity contribution in [3.05, 3.63) is 22.3 Å². The van der Waals surface area contributed by atoms with Gasteiger partial charge in [0, 0.05) is 29.5 Å². The highest BCUT2D eigenvalue weighted by molar-refractivity contribution is 8.00. The number of carboxylic acids is 1. The molecule has 3 aliphatic heterocycles. The average molecular weight is 517 g/mol. The third-order valence-electron chi connectivity index (χ3n) is 5.91. The second-order valence-electron chi connectivity index (χ2n) is 8.23. The van der Waals surface area contributed by atoms with Gasteiger partial charge in [0.1, 0.15) is 30.8 Å². The Balaban J connectivity index is 0.00000204. The number of nitrogens with one attached hydrogen (secondary N) is 1. The van der Waals surface area contributed by atoms with E-state index < -0.39 is 29.2 Å². The number of hydrogen-bond acceptors (Lipinski definition) is 10. The number of aromatic nitrogens is 1. The highest BCUT2D eigenvalue weighted by Crippen LogP contribution is 2.41. The zero-order chi connectivity index (χ0) is 23.0. The van der Waals surface area contributed by atoms with Crippen molar-refractivity contribution in [2.75, 3.05) is 45.3 Å². The minimum absolute atomic E-state index is 0. The number of hydrogen-bond donors (Lipinski definition) is 2. The van der Waals surface area contributed by atoms with Crippen LogP contribution in [0.5, 0.6) is 0 Å². The molecule has 34 heavy (non-hydrogen) atoms. The predicted molar refractivity (Wildman–Crippen MR) is 124 cm³/mol. The van der Waals surface area contributed by atoms with E-state index >= 15 is 0 Å². The molecule has 2 amide bonds. The Morgan fingerprint density at radius 1 is 1.38 bits per heavy atom. The lowest BCUT2D eigenvalue weighted by Gasteiger charge is -2.51. The summed E-state index contributed by atoms with van der Waals surface area (Å²) in [5.41, 5.74) is 6.39. The molecule has 7 N–H and O–H groups in total. The molecule has 0 aliphatic carbocycles. The van der Waals surface area contributed by atoms with Gasteiger partial charge in [-0.15, -0.1) is 23.1 Å². The SMILES string of the molecule is CO/N=C(/C(=O)NC1C(=O)N2C(C(=O)[O-])=C(C[N+]3(C)CCCC3)CSC12)c1csc(N)n1.O.O. The molecule has 1 aromatic heterocycles. The van der Waals surface area contributed by atoms with E-state index in [1.807, 2.05) is 0 Å². The van der Waals surface area contributed by atoms with Crippen molar-refractivity contribution in [2.24, 2.45) is 5.16 Å². The summed E-state index contributed by atoms with van der Waals surface area (Å²) in [4.78, 5) is 47.7. The lowest BCUT2D eigenvalue weighted by atomic mass is 10.0. The molecule has 188 valence electrons. The summed E-state index contributed by atoms with van der Waals surface area (Å²) in [7, 11) is 3.39. The molecule has 2 fully saturated rings. The van der Waals surface area contributed by atoms with Gasteiger partial charge in [0.2, 0.25) is 0 Å². The van der Waals surface area contributed by atoms with Gasteiger partial charge in [-0.25, -0.2) is 4.98 Å². The average Bonchev–Trinajstić information content (AvgIpc) is 3.37. The third kappa shape index (κ3) is 5.02. The van der Waals surface area contributed by atoms with Crippen LogP contribution in [0.25, 0.3) is 0 Å². The van der Waals surface area contributed by atoms with Crippen molar-refractivity contribution >= 4 is 51.7 Å². The maximum Gasteiger partial charge on any atom is 0.276 e. The Morgan fingerprint density at radius 2 is 2.06 bits per heavy atom. The number of β-lactam (4-membered cyclic amide) rings is 1. The maximum absolute atomic E-state index is 12.9. The first kappa shape index (κ1) is 27.5. The van der Waals surface area contributed by atoms with Crippen LogP contribution in [0.3, 0.4) is 0 Å². The van der Waals surface area contributed by atoms with Gasteiger partial charge in [0.15, 0.2) is 10.8 Å². The van der Waals surface area contributed by atoms with E-state index in [0.717, 1.165) is 41.8 Å². The van der Waals surface area contributed by atoms with E-state index in [9.17, 15) is 19.5 Å². The van der Waals surface area contributed by atoms with Gasteiger partial charge in [-0.1, -0.05) is 5.16 Å². The van der Waals surface area contributed by atoms with Crippen molar-refractivity contribution in [3.8, 4) is 0 Å². The first-order valence-corrected chi connectivity index (χ1v) is 12.0. The highest BCUT2D eigenvalue weighted by Gasteiger charge is 2.53. The van der Waals surface area contributed by atoms with Crippen LogP contribution < -0.4 is 16.2 Å². The summed E-state index contributed by atoms with van der Waals surface area (Å²) in [5, 5.41) is 19.6. The lowest BCUT2D eigenvalue weighted by molar-refractivity contribution is -0.893. The fraction of sp³-hybridized carbons (Fsp3) is 0.526. The van der Waals surface area contributed by atoms with Crippen LogP contribution >= 0.6 is 23.1 Å². The Kier molecular flexibility index (Phi) is 8.65. The minimum Gasteiger partial charge on any atom is -0.543 e. The predicted octanol–water partition coefficient (Wildman–Crippen LogP) is -2.93. The van der Waals surface area contributed by atoms with E-state index in [4.69, 9.17) is 10.6 Å². The van der Waals surface area contributed by atoms with Crippen molar-refractivity contribution in [1.82, 2.24) is 15.2 Å². The van der Waals surface area contributed by atoms with E-state index in [1.165, 1.54) is 23.8 Å². The number of quaternary nitrogens is 1. The van der Waals surface area contributed by atoms with Gasteiger partial charge in [-0.05, 0) is 0 Å². The van der Waals surface area contributed by atoms with E-state index in [2.05, 4.69) is 22.5 Å². The summed E-state index contributed by atoms with van der Waals surface area (Å²) in [5.74, 6) is -2.06. The number of nitrogens with two attached hydrogens (primary N) is 1. The molecular weight excluding hydrogens is 488 g/mol. The number of carbonyl (C=O) groups is 3. The number of nitrogens with zero attached hydrogens (tertiary/aromatic N) is 4. The molecule has 13 nitrogen and oxygen atoms in total. The van der Waals surface area contributed by atoms with Crippen LogP contribution in [0.4, 0.5) is 5.13 Å². The first-order chi connectivity index (χ1) is 15.2. The molecule has 0 spiro atoms. The van der Waals surface area contributed by atoms with Crippen molar-refractivity contribution in [2.45, 2.75) is 24.3 Å². The summed E-state index contributed by atoms with van der Waals surface area (Å²) in [6.45, 7) is 2.53. The van der Waals surface area contributed by atoms with Gasteiger partial charge >= 0.3 is 0 Å². The molecule has 2 saturated heterocycles. The number of rotatable bonds is 7. The number of thiazole rings is 1. The van der Waals surface area contributed by atoms with Gasteiger partial charge in [0.25, 0.3) is 11.8 Å². The lowest BCUT2D eigenvalue weighted by Crippen LogP contribution is -2.71. The molecular formula is C19H28N6O7S2. The molecule has 4 rings (SSSR count). The van der Waals surface area contributed by atoms with Crippen LogP contribution in [-0.4, -0.2) is 99.8 Å². The summed E-state index contributed by atoms with van der Waals surface area (Å²) in [6.07, 6.45) is 2.21. The number of aliphatic carboxylic acids is 1. The first-order valence-electron chi connectivity index (χ1n) is 10.1. The maximum atomic E-state index is 12.9. The normalized spacial score (nSPS) is 23.3. The molecule has 4 heterocycles. The number of carboxylic acid groups (broad SMARTS) is 1. The van der Waals surface area contributed by atoms with Crippen LogP contribution in [0.1, 0.15) is 18.5 Å². The smallest absolute Gasteiger partial charge is 0.276 e. The largest absolute Gasteiger partial charge is 0.543 e. The zero-order valence-electron chi connectivity index (χ0n) is 18.7. The monoisotopic (exact) mass is 516 g/mol. The summed E-state index contributed by atoms with van der Waals surface area (Å²) < 4.78 is 0.757. The Morgan fingerprint density at radius 3 is 2.62 bits per heavy atom. The van der Waals surface area contributed by atoms with E-state index in [1.54, 1.807) is 5.38 Å². The van der Waals surface area contributed by atoms with Crippen molar-refractivity contribution in [1.29, 1.82) is 0 Å². The standard InChI is InChI=1S/C19H24N6O5S2.2H2O/c1-25(5-3-4-6-25)7-10-8-31-17-13(16(27)24(17)14(10)18(28)29)22-15(26)12(23-30-2)11-9-32-19(20)21-11;;/h9,13,17H,3-8H2,1-2H3,(H3-,20,21,22,26,28,29);2*1H2/b23-12+;;. The van der Waals surface area contributed by atoms with Crippen LogP contribution in [-0.2, 0) is 19.2 Å². The number of carbonyl (C=O) groups excluding carboxylic acids is 3. The fourth-order valence-corrected chi connectivity index (χ4v) is 6.30. The Hall–Kier alpha value is -2.72. The molecule has 0 bridgehead atoms. The van der Waals surface area contributed by atoms with Crippen molar-refractivity contribution in [3.63, 3.8) is 0 Å². The topological polar surface area (TPSA) is 213 Å². The Bertz CT molecular complexity index is 1020. The van der Waals surface area contributed by atoms with E-state index in [-0.39, 0.29) is 33.2 Å². The molecule has 0 radical (unpaired) electrons. The van der Waals surface area contributed by atoms with Crippen LogP contribution in [0.15, 0.2) is 21.8 Å². The zero-order valence-corrected chi connectivity index (χ0v) is 20.3. The Labute approximate surface area is 203 Å². The fourth-order valence-electron chi connectivity index (χ4n) is 4.41. The molecule has 15 heteroatoms. The minimum atomic E-state index is -1.37. The number of amides is 2. The van der Waals surface area contributed by atoms with Crippen LogP contribution in [0, 0.1) is 0 Å². The number of likely N-dealkylation sites (N-methyl/N-ethyl adjacent to an activating group) is 1. The highest BCUT2D eigenvalue weighted by atomic mass is 32.2. The summed E-state index contributed by atoms with van der Waals surface area (Å²) in [6, 6.07) is -0.891. The number of thioether (sulfide) groups is 1. The molecule has 0 saturated carbocycles. The van der Waals surface area contributed by atoms with E-state index in [0.29, 0.717) is 17.9 Å². The van der Waals surface area contributed by atoms with Gasteiger partial charge in [-0.2, -0.15) is 0 Å². The number of nitrogen functional groups attached to an aromatic ring is 1. The van der Waals surface area contributed by atoms with Crippen molar-refractivity contribution < 1.29 is 39.8 Å². The second-order valence-corrected chi connectivity index (χ2v) is 10.2.